The molecule has 1 unspecified atom stereocenters. The smallest absolute Gasteiger partial charge is 0.235 e. The topological polar surface area (TPSA) is 57.4 Å². The molecule has 0 amide bonds. The van der Waals surface area contributed by atoms with E-state index in [9.17, 15) is 5.21 Å². The van der Waals surface area contributed by atoms with E-state index in [2.05, 4.69) is 143 Å². The Morgan fingerprint density at radius 1 is 0.439 bits per heavy atom. The largest absolute Gasteiger partial charge is 0.316 e. The highest BCUT2D eigenvalue weighted by Gasteiger charge is 2.22. The van der Waals surface area contributed by atoms with Crippen LogP contribution in [0.2, 0.25) is 0 Å². The molecule has 0 spiro atoms. The van der Waals surface area contributed by atoms with Crippen LogP contribution in [-0.4, -0.2) is 19.7 Å². The molecular formula is C50H36N5OP. The summed E-state index contributed by atoms with van der Waals surface area (Å²) in [6, 6.07) is 70.4. The number of hydrogen-bond donors (Lipinski definition) is 1. The van der Waals surface area contributed by atoms with Gasteiger partial charge in [-0.15, -0.1) is 0 Å². The third-order valence-corrected chi connectivity index (χ3v) is 11.6. The fourth-order valence-corrected chi connectivity index (χ4v) is 8.79. The minimum absolute atomic E-state index is 0.289. The lowest BCUT2D eigenvalue weighted by Crippen LogP contribution is -2.17. The molecule has 0 radical (unpaired) electrons. The molecule has 10 aromatic rings. The molecule has 57 heavy (non-hydrogen) atoms. The zero-order chi connectivity index (χ0) is 38.1. The van der Waals surface area contributed by atoms with E-state index in [0.29, 0.717) is 17.3 Å². The number of fused-ring (bicyclic) bond motifs is 4. The van der Waals surface area contributed by atoms with Gasteiger partial charge in [-0.2, -0.15) is 0 Å². The number of hydrogen-bond acceptors (Lipinski definition) is 5. The first-order valence-corrected chi connectivity index (χ1v) is 19.9. The monoisotopic (exact) mass is 753 g/mol. The lowest BCUT2D eigenvalue weighted by atomic mass is 10.0. The lowest BCUT2D eigenvalue weighted by molar-refractivity contribution is 0.301. The predicted molar refractivity (Wildman–Crippen MR) is 238 cm³/mol. The molecule has 272 valence electrons. The van der Waals surface area contributed by atoms with Crippen molar-refractivity contribution >= 4 is 69.5 Å². The fraction of sp³-hybridized carbons (Fsp3) is 0. The van der Waals surface area contributed by atoms with Crippen molar-refractivity contribution in [2.45, 2.75) is 0 Å². The Labute approximate surface area is 332 Å². The molecule has 6 nitrogen and oxygen atoms in total. The Balaban J connectivity index is 1.14. The summed E-state index contributed by atoms with van der Waals surface area (Å²) < 4.78 is 4.46. The number of para-hydroxylation sites is 4. The number of nitrogens with zero attached hydrogens (tertiary/aromatic N) is 5. The van der Waals surface area contributed by atoms with Gasteiger partial charge in [-0.1, -0.05) is 146 Å². The van der Waals surface area contributed by atoms with Gasteiger partial charge in [-0.3, -0.25) is 9.77 Å². The van der Waals surface area contributed by atoms with E-state index in [1.165, 1.54) is 10.4 Å². The number of anilines is 4. The van der Waals surface area contributed by atoms with Crippen molar-refractivity contribution in [2.24, 2.45) is 0 Å². The van der Waals surface area contributed by atoms with Gasteiger partial charge < -0.3 is 4.67 Å². The van der Waals surface area contributed by atoms with Crippen molar-refractivity contribution in [3.8, 4) is 28.3 Å². The van der Waals surface area contributed by atoms with Crippen LogP contribution in [0, 0.1) is 0 Å². The second kappa shape index (κ2) is 14.9. The molecule has 10 rings (SSSR count). The maximum Gasteiger partial charge on any atom is 0.235 e. The zero-order valence-electron chi connectivity index (χ0n) is 30.8. The lowest BCUT2D eigenvalue weighted by Gasteiger charge is -2.30. The van der Waals surface area contributed by atoms with Crippen LogP contribution in [0.3, 0.4) is 0 Å². The van der Waals surface area contributed by atoms with Crippen molar-refractivity contribution in [1.29, 1.82) is 0 Å². The van der Waals surface area contributed by atoms with Crippen LogP contribution in [0.1, 0.15) is 0 Å². The van der Waals surface area contributed by atoms with Gasteiger partial charge >= 0.3 is 0 Å². The van der Waals surface area contributed by atoms with Crippen LogP contribution in [0.5, 0.6) is 0 Å². The van der Waals surface area contributed by atoms with E-state index in [1.54, 1.807) is 0 Å². The number of benzene rings is 8. The molecule has 0 saturated carbocycles. The third-order valence-electron chi connectivity index (χ3n) is 10.3. The SMILES string of the molecule is ON(c1ccccc1)c1cc(-c2ccc3c(c2)c2ccccc2n3-c2nc(-c3ccccc3)c3ccccc3n2)ccc1N(Pc1ccccc1)c1ccccc1. The summed E-state index contributed by atoms with van der Waals surface area (Å²) >= 11 is 0. The molecule has 2 aromatic heterocycles. The summed E-state index contributed by atoms with van der Waals surface area (Å²) in [4.78, 5) is 10.4. The van der Waals surface area contributed by atoms with Crippen LogP contribution < -0.4 is 15.0 Å². The molecular weight excluding hydrogens is 718 g/mol. The molecule has 1 N–H and O–H groups in total. The van der Waals surface area contributed by atoms with Gasteiger partial charge in [-0.05, 0) is 77.1 Å². The Morgan fingerprint density at radius 3 is 1.77 bits per heavy atom. The van der Waals surface area contributed by atoms with E-state index < -0.39 is 0 Å². The van der Waals surface area contributed by atoms with Crippen LogP contribution in [0.4, 0.5) is 22.7 Å². The molecule has 2 heterocycles. The highest BCUT2D eigenvalue weighted by atomic mass is 31.1. The maximum atomic E-state index is 12.0. The normalized spacial score (nSPS) is 11.5. The van der Waals surface area contributed by atoms with Crippen molar-refractivity contribution < 1.29 is 5.21 Å². The minimum Gasteiger partial charge on any atom is -0.316 e. The summed E-state index contributed by atoms with van der Waals surface area (Å²) in [5, 5.41) is 17.7. The highest BCUT2D eigenvalue weighted by Crippen LogP contribution is 2.45. The molecule has 0 aliphatic heterocycles. The summed E-state index contributed by atoms with van der Waals surface area (Å²) in [5.41, 5.74) is 10.2. The molecule has 7 heteroatoms. The summed E-state index contributed by atoms with van der Waals surface area (Å²) in [6.07, 6.45) is 0. The first-order chi connectivity index (χ1) is 28.2. The molecule has 0 aliphatic rings. The molecule has 0 bridgehead atoms. The minimum atomic E-state index is 0.289. The molecule has 8 aromatic carbocycles. The zero-order valence-corrected chi connectivity index (χ0v) is 31.8. The maximum absolute atomic E-state index is 12.0. The van der Waals surface area contributed by atoms with Gasteiger partial charge in [-0.25, -0.2) is 15.0 Å². The van der Waals surface area contributed by atoms with Crippen molar-refractivity contribution in [1.82, 2.24) is 14.5 Å². The van der Waals surface area contributed by atoms with Gasteiger partial charge in [0.1, 0.15) is 0 Å². The highest BCUT2D eigenvalue weighted by molar-refractivity contribution is 7.49. The average molecular weight is 754 g/mol. The summed E-state index contributed by atoms with van der Waals surface area (Å²) in [7, 11) is 0.289. The van der Waals surface area contributed by atoms with E-state index in [4.69, 9.17) is 9.97 Å². The Morgan fingerprint density at radius 2 is 1.02 bits per heavy atom. The van der Waals surface area contributed by atoms with Crippen LogP contribution in [-0.2, 0) is 0 Å². The van der Waals surface area contributed by atoms with E-state index >= 15 is 0 Å². The van der Waals surface area contributed by atoms with Gasteiger partial charge in [0.25, 0.3) is 0 Å². The van der Waals surface area contributed by atoms with E-state index in [1.807, 2.05) is 72.8 Å². The van der Waals surface area contributed by atoms with Crippen molar-refractivity contribution in [2.75, 3.05) is 9.73 Å². The molecule has 0 aliphatic carbocycles. The van der Waals surface area contributed by atoms with Crippen LogP contribution in [0.25, 0.3) is 61.0 Å². The second-order valence-electron chi connectivity index (χ2n) is 13.8. The standard InChI is InChI=1S/C50H36N5OP/c56-54(38-19-7-2-8-20-38)48-34-37(30-32-47(48)55(39-21-9-3-10-22-39)57-40-23-11-4-12-24-40)36-29-31-46-43(33-36)41-25-14-16-28-45(41)53(46)50-51-44-27-15-13-26-42(44)49(52-50)35-17-5-1-6-18-35/h1-34,56-57H. The van der Waals surface area contributed by atoms with Gasteiger partial charge in [0.15, 0.2) is 0 Å². The average Bonchev–Trinajstić information content (AvgIpc) is 3.62. The quantitative estimate of drug-likeness (QED) is 0.117. The summed E-state index contributed by atoms with van der Waals surface area (Å²) in [6.45, 7) is 0. The predicted octanol–water partition coefficient (Wildman–Crippen LogP) is 12.6. The van der Waals surface area contributed by atoms with Crippen LogP contribution in [0.15, 0.2) is 206 Å². The van der Waals surface area contributed by atoms with Crippen molar-refractivity contribution in [3.63, 3.8) is 0 Å². The Bertz CT molecular complexity index is 3010. The third kappa shape index (κ3) is 6.47. The first kappa shape index (κ1) is 34.4. The first-order valence-electron chi connectivity index (χ1n) is 18.9. The Hall–Kier alpha value is -7.11. The van der Waals surface area contributed by atoms with Gasteiger partial charge in [0.2, 0.25) is 5.95 Å². The number of aromatic nitrogens is 3. The van der Waals surface area contributed by atoms with Gasteiger partial charge in [0, 0.05) is 36.1 Å². The second-order valence-corrected chi connectivity index (χ2v) is 15.1. The van der Waals surface area contributed by atoms with E-state index in [0.717, 1.165) is 66.5 Å². The number of rotatable bonds is 9. The van der Waals surface area contributed by atoms with Crippen LogP contribution >= 0.6 is 8.73 Å². The molecule has 0 saturated heterocycles. The molecule has 1 atom stereocenters. The summed E-state index contributed by atoms with van der Waals surface area (Å²) in [5.74, 6) is 0.622. The van der Waals surface area contributed by atoms with E-state index in [-0.39, 0.29) is 8.73 Å². The van der Waals surface area contributed by atoms with Gasteiger partial charge in [0.05, 0.1) is 39.3 Å². The van der Waals surface area contributed by atoms with Crippen molar-refractivity contribution in [3.05, 3.63) is 206 Å². The molecule has 0 fully saturated rings. The Kier molecular flexibility index (Phi) is 8.96. The fourth-order valence-electron chi connectivity index (χ4n) is 7.60.